The van der Waals surface area contributed by atoms with Crippen LogP contribution in [-0.2, 0) is 14.4 Å². The first kappa shape index (κ1) is 15.4. The Labute approximate surface area is 127 Å². The number of nitrogens with zero attached hydrogens (tertiary/aromatic N) is 2. The second kappa shape index (κ2) is 6.16. The van der Waals surface area contributed by atoms with Crippen molar-refractivity contribution in [3.05, 3.63) is 52.4 Å². The van der Waals surface area contributed by atoms with Crippen molar-refractivity contribution in [1.82, 2.24) is 0 Å². The molecule has 0 fully saturated rings. The molecule has 1 aliphatic heterocycles. The lowest BCUT2D eigenvalue weighted by Crippen LogP contribution is -1.98. The summed E-state index contributed by atoms with van der Waals surface area (Å²) in [5, 5.41) is 13.3. The Hall–Kier alpha value is -2.04. The van der Waals surface area contributed by atoms with Gasteiger partial charge in [-0.1, -0.05) is 41.2 Å². The Morgan fingerprint density at radius 1 is 1.33 bits per heavy atom. The monoisotopic (exact) mass is 320 g/mol. The van der Waals surface area contributed by atoms with E-state index in [4.69, 9.17) is 0 Å². The molecule has 1 aromatic rings. The lowest BCUT2D eigenvalue weighted by Gasteiger charge is -2.05. The number of oxime groups is 1. The van der Waals surface area contributed by atoms with Crippen LogP contribution in [-0.4, -0.2) is 19.7 Å². The van der Waals surface area contributed by atoms with Gasteiger partial charge in [-0.3, -0.25) is 4.28 Å². The van der Waals surface area contributed by atoms with Gasteiger partial charge in [0.15, 0.2) is 0 Å². The summed E-state index contributed by atoms with van der Waals surface area (Å²) in [6.07, 6.45) is 4.26. The third kappa shape index (κ3) is 3.97. The van der Waals surface area contributed by atoms with Gasteiger partial charge in [-0.05, 0) is 30.2 Å². The molecular weight excluding hydrogens is 308 g/mol. The van der Waals surface area contributed by atoms with Gasteiger partial charge in [-0.2, -0.15) is 13.7 Å². The first-order chi connectivity index (χ1) is 9.90. The topological polar surface area (TPSA) is 79.5 Å². The summed E-state index contributed by atoms with van der Waals surface area (Å²) in [6.45, 7) is 1.93. The van der Waals surface area contributed by atoms with E-state index in [0.29, 0.717) is 15.5 Å². The highest BCUT2D eigenvalue weighted by molar-refractivity contribution is 8.18. The van der Waals surface area contributed by atoms with Crippen molar-refractivity contribution in [1.29, 1.82) is 5.26 Å². The van der Waals surface area contributed by atoms with Crippen molar-refractivity contribution in [2.45, 2.75) is 6.92 Å². The molecule has 1 aliphatic rings. The molecule has 1 aromatic carbocycles. The maximum atomic E-state index is 10.9. The molecule has 1 heterocycles. The van der Waals surface area contributed by atoms with Crippen LogP contribution in [0.15, 0.2) is 46.5 Å². The molecule has 0 unspecified atom stereocenters. The maximum absolute atomic E-state index is 10.9. The number of aryl methyl sites for hydroxylation is 1. The minimum Gasteiger partial charge on any atom is -0.268 e. The molecule has 5 nitrogen and oxygen atoms in total. The normalized spacial score (nSPS) is 18.6. The first-order valence-electron chi connectivity index (χ1n) is 5.93. The van der Waals surface area contributed by atoms with Crippen molar-refractivity contribution < 1.29 is 12.7 Å². The second-order valence-corrected chi connectivity index (χ2v) is 6.93. The summed E-state index contributed by atoms with van der Waals surface area (Å²) >= 11 is 1.19. The van der Waals surface area contributed by atoms with Gasteiger partial charge >= 0.3 is 10.1 Å². The number of nitriles is 1. The van der Waals surface area contributed by atoms with Gasteiger partial charge in [0.05, 0.1) is 11.8 Å². The Morgan fingerprint density at radius 2 is 2.05 bits per heavy atom. The minimum absolute atomic E-state index is 0.386. The highest BCUT2D eigenvalue weighted by atomic mass is 32.2. The fraction of sp³-hybridized carbons (Fsp3) is 0.143. The van der Waals surface area contributed by atoms with Crippen molar-refractivity contribution in [3.8, 4) is 6.07 Å². The molecular formula is C14H12N2O3S2. The van der Waals surface area contributed by atoms with E-state index in [0.717, 1.165) is 17.4 Å². The van der Waals surface area contributed by atoms with Gasteiger partial charge in [-0.15, -0.1) is 0 Å². The third-order valence-electron chi connectivity index (χ3n) is 2.63. The zero-order valence-electron chi connectivity index (χ0n) is 11.4. The predicted octanol–water partition coefficient (Wildman–Crippen LogP) is 2.82. The molecule has 7 heteroatoms. The predicted molar refractivity (Wildman–Crippen MR) is 83.8 cm³/mol. The summed E-state index contributed by atoms with van der Waals surface area (Å²) in [5.74, 6) is 0. The molecule has 21 heavy (non-hydrogen) atoms. The van der Waals surface area contributed by atoms with Crippen molar-refractivity contribution in [2.24, 2.45) is 5.16 Å². The van der Waals surface area contributed by atoms with Gasteiger partial charge in [0.1, 0.15) is 11.1 Å². The van der Waals surface area contributed by atoms with Crippen LogP contribution in [0.4, 0.5) is 0 Å². The highest BCUT2D eigenvalue weighted by Gasteiger charge is 2.17. The van der Waals surface area contributed by atoms with E-state index in [1.165, 1.54) is 11.8 Å². The molecule has 0 atom stereocenters. The molecule has 0 bridgehead atoms. The average molecular weight is 320 g/mol. The molecule has 0 radical (unpaired) electrons. The van der Waals surface area contributed by atoms with E-state index in [-0.39, 0.29) is 0 Å². The average Bonchev–Trinajstić information content (AvgIpc) is 2.87. The summed E-state index contributed by atoms with van der Waals surface area (Å²) < 4.78 is 26.2. The van der Waals surface area contributed by atoms with Crippen LogP contribution in [0.1, 0.15) is 11.1 Å². The van der Waals surface area contributed by atoms with Crippen LogP contribution >= 0.6 is 11.8 Å². The van der Waals surface area contributed by atoms with Crippen LogP contribution in [0.3, 0.4) is 0 Å². The lowest BCUT2D eigenvalue weighted by molar-refractivity contribution is 0.345. The third-order valence-corrected chi connectivity index (χ3v) is 3.95. The Kier molecular flexibility index (Phi) is 4.50. The largest absolute Gasteiger partial charge is 0.325 e. The Balaban J connectivity index is 2.32. The number of hydrogen-bond acceptors (Lipinski definition) is 6. The quantitative estimate of drug-likeness (QED) is 0.632. The molecule has 0 saturated heterocycles. The van der Waals surface area contributed by atoms with E-state index in [2.05, 4.69) is 15.5 Å². The minimum atomic E-state index is -3.63. The Bertz CT molecular complexity index is 800. The molecule has 0 aliphatic carbocycles. The van der Waals surface area contributed by atoms with Crippen LogP contribution in [0.2, 0.25) is 0 Å². The van der Waals surface area contributed by atoms with E-state index in [1.54, 1.807) is 12.2 Å². The number of thioether (sulfide) groups is 1. The summed E-state index contributed by atoms with van der Waals surface area (Å²) in [4.78, 5) is 0.711. The van der Waals surface area contributed by atoms with Crippen molar-refractivity contribution >= 4 is 32.5 Å². The zero-order chi connectivity index (χ0) is 15.5. The summed E-state index contributed by atoms with van der Waals surface area (Å²) in [6, 6.07) is 9.76. The second-order valence-electron chi connectivity index (χ2n) is 4.31. The van der Waals surface area contributed by atoms with Crippen LogP contribution in [0.5, 0.6) is 0 Å². The smallest absolute Gasteiger partial charge is 0.268 e. The lowest BCUT2D eigenvalue weighted by atomic mass is 10.0. The standard InChI is InChI=1S/C14H12N2O3S2/c1-10-5-3-4-6-11(10)12(9-15)13-7-8-14(20-13)16-19-21(2,17)18/h3-8H,1-2H3. The SMILES string of the molecule is Cc1ccccc1C(C#N)=C1C=CC(=NOS(C)(=O)=O)S1. The van der Waals surface area contributed by atoms with Crippen molar-refractivity contribution in [2.75, 3.05) is 6.26 Å². The number of benzene rings is 1. The van der Waals surface area contributed by atoms with Crippen LogP contribution in [0.25, 0.3) is 5.57 Å². The van der Waals surface area contributed by atoms with E-state index in [9.17, 15) is 13.7 Å². The van der Waals surface area contributed by atoms with E-state index < -0.39 is 10.1 Å². The van der Waals surface area contributed by atoms with Gasteiger partial charge in [0.25, 0.3) is 0 Å². The zero-order valence-corrected chi connectivity index (χ0v) is 13.0. The molecule has 0 aromatic heterocycles. The number of rotatable bonds is 3. The van der Waals surface area contributed by atoms with E-state index in [1.807, 2.05) is 31.2 Å². The van der Waals surface area contributed by atoms with Gasteiger partial charge < -0.3 is 0 Å². The Morgan fingerprint density at radius 3 is 2.67 bits per heavy atom. The molecule has 2 rings (SSSR count). The summed E-state index contributed by atoms with van der Waals surface area (Å²) in [7, 11) is -3.63. The van der Waals surface area contributed by atoms with Crippen LogP contribution in [0, 0.1) is 18.3 Å². The van der Waals surface area contributed by atoms with Gasteiger partial charge in [0, 0.05) is 4.91 Å². The van der Waals surface area contributed by atoms with E-state index >= 15 is 0 Å². The molecule has 0 amide bonds. The van der Waals surface area contributed by atoms with Crippen molar-refractivity contribution in [3.63, 3.8) is 0 Å². The first-order valence-corrected chi connectivity index (χ1v) is 8.57. The molecule has 0 N–H and O–H groups in total. The fourth-order valence-corrected chi connectivity index (χ4v) is 2.81. The number of allylic oxidation sites excluding steroid dienone is 2. The fourth-order valence-electron chi connectivity index (χ4n) is 1.72. The number of hydrogen-bond donors (Lipinski definition) is 0. The van der Waals surface area contributed by atoms with Crippen LogP contribution < -0.4 is 0 Å². The molecule has 108 valence electrons. The van der Waals surface area contributed by atoms with Gasteiger partial charge in [0.2, 0.25) is 0 Å². The summed E-state index contributed by atoms with van der Waals surface area (Å²) in [5.41, 5.74) is 2.37. The van der Waals surface area contributed by atoms with Gasteiger partial charge in [-0.25, -0.2) is 0 Å². The highest BCUT2D eigenvalue weighted by Crippen LogP contribution is 2.34. The maximum Gasteiger partial charge on any atom is 0.325 e. The molecule has 0 spiro atoms. The molecule has 0 saturated carbocycles.